The Morgan fingerprint density at radius 1 is 1.33 bits per heavy atom. The Balaban J connectivity index is -0.000000000468. The summed E-state index contributed by atoms with van der Waals surface area (Å²) in [6.45, 7) is 0. The molecule has 0 unspecified atom stereocenters. The molecule has 0 aliphatic rings. The maximum atomic E-state index is 8.74. The minimum Gasteiger partial charge on any atom is -0.264 e. The summed E-state index contributed by atoms with van der Waals surface area (Å²) in [6.07, 6.45) is 0. The SMILES string of the molecule is O=S(=O)(O)O.[AlH3].[HH].[HH].[HH].[HH].[HH].[HH].[HH].[HH].[HH].[HH].[HH].[HH].[HH].[HH].[HH].[HH].[HH].[HH]. The monoisotopic (exact) mass is 164 g/mol. The molecule has 0 amide bonds. The largest absolute Gasteiger partial charge is 0.394 e. The molecule has 6 heavy (non-hydrogen) atoms. The van der Waals surface area contributed by atoms with Crippen molar-refractivity contribution in [2.75, 3.05) is 0 Å². The molecule has 4 nitrogen and oxygen atoms in total. The molecule has 74 valence electrons. The molecular weight excluding hydrogens is 123 g/mol. The van der Waals surface area contributed by atoms with Gasteiger partial charge in [0.25, 0.3) is 0 Å². The van der Waals surface area contributed by atoms with Gasteiger partial charge in [0.2, 0.25) is 0 Å². The molecular formula is H41AlO4S. The minimum atomic E-state index is -4.67. The average Bonchev–Trinajstić information content (AvgIpc) is 0.722. The van der Waals surface area contributed by atoms with E-state index < -0.39 is 10.4 Å². The summed E-state index contributed by atoms with van der Waals surface area (Å²) in [5.74, 6) is 0. The van der Waals surface area contributed by atoms with Crippen LogP contribution in [0.2, 0.25) is 0 Å². The van der Waals surface area contributed by atoms with Crippen molar-refractivity contribution < 1.29 is 43.2 Å². The molecule has 0 fully saturated rings. The number of hydrogen-bond donors (Lipinski definition) is 2. The van der Waals surface area contributed by atoms with E-state index in [0.29, 0.717) is 0 Å². The minimum absolute atomic E-state index is 0. The van der Waals surface area contributed by atoms with Crippen molar-refractivity contribution in [3.05, 3.63) is 0 Å². The van der Waals surface area contributed by atoms with Crippen LogP contribution in [0.15, 0.2) is 0 Å². The average molecular weight is 164 g/mol. The van der Waals surface area contributed by atoms with Gasteiger partial charge in [-0.15, -0.1) is 0 Å². The third-order valence-corrected chi connectivity index (χ3v) is 0. The van der Waals surface area contributed by atoms with Crippen LogP contribution in [0.25, 0.3) is 0 Å². The Labute approximate surface area is 72.6 Å². The van der Waals surface area contributed by atoms with Crippen LogP contribution in [0, 0.1) is 0 Å². The first-order valence-electron chi connectivity index (χ1n) is 0.698. The van der Waals surface area contributed by atoms with Crippen molar-refractivity contribution >= 4 is 27.8 Å². The highest BCUT2D eigenvalue weighted by Crippen LogP contribution is 1.59. The summed E-state index contributed by atoms with van der Waals surface area (Å²) in [5.41, 5.74) is 0. The van der Waals surface area contributed by atoms with Gasteiger partial charge >= 0.3 is 10.4 Å². The summed E-state index contributed by atoms with van der Waals surface area (Å²) in [5, 5.41) is 0. The first-order chi connectivity index (χ1) is 2.00. The van der Waals surface area contributed by atoms with Gasteiger partial charge in [0, 0.05) is 25.7 Å². The molecule has 0 saturated heterocycles. The lowest BCUT2D eigenvalue weighted by atomic mass is 15.8. The fraction of sp³-hybridized carbons (Fsp3) is 0. The smallest absolute Gasteiger partial charge is 0.264 e. The van der Waals surface area contributed by atoms with E-state index in [0.717, 1.165) is 0 Å². The topological polar surface area (TPSA) is 74.6 Å². The maximum absolute atomic E-state index is 8.74. The van der Waals surface area contributed by atoms with Gasteiger partial charge < -0.3 is 0 Å². The van der Waals surface area contributed by atoms with Crippen LogP contribution in [0.4, 0.5) is 0 Å². The lowest BCUT2D eigenvalue weighted by Gasteiger charge is -1.68. The molecule has 0 bridgehead atoms. The van der Waals surface area contributed by atoms with Crippen LogP contribution in [-0.2, 0) is 10.4 Å². The van der Waals surface area contributed by atoms with Gasteiger partial charge in [0.05, 0.1) is 0 Å². The standard InChI is InChI=1S/Al.H2O4S.18H2.3H/c;1-5(2,3)4;;;;;;;;;;;;;;;;;;;;;/h;(H2,1,2,3,4);18*1H;;;. The van der Waals surface area contributed by atoms with E-state index in [9.17, 15) is 0 Å². The van der Waals surface area contributed by atoms with Gasteiger partial charge in [-0.1, -0.05) is 0 Å². The Bertz CT molecular complexity index is 110. The molecule has 6 heteroatoms. The van der Waals surface area contributed by atoms with Crippen LogP contribution in [-0.4, -0.2) is 34.9 Å². The second kappa shape index (κ2) is 2.55. The fourth-order valence-corrected chi connectivity index (χ4v) is 0. The Morgan fingerprint density at radius 2 is 1.33 bits per heavy atom. The van der Waals surface area contributed by atoms with Gasteiger partial charge in [-0.3, -0.25) is 9.11 Å². The van der Waals surface area contributed by atoms with E-state index in [4.69, 9.17) is 17.5 Å². The summed E-state index contributed by atoms with van der Waals surface area (Å²) in [6, 6.07) is 0. The number of hydrogen-bond acceptors (Lipinski definition) is 2. The second-order valence-electron chi connectivity index (χ2n) is 0.448. The third kappa shape index (κ3) is 315. The summed E-state index contributed by atoms with van der Waals surface area (Å²) in [4.78, 5) is 0. The lowest BCUT2D eigenvalue weighted by Crippen LogP contribution is -1.89. The molecule has 0 atom stereocenters. The fourth-order valence-electron chi connectivity index (χ4n) is 0. The van der Waals surface area contributed by atoms with E-state index >= 15 is 0 Å². The zero-order chi connectivity index (χ0) is 4.50. The van der Waals surface area contributed by atoms with Gasteiger partial charge in [0.1, 0.15) is 0 Å². The van der Waals surface area contributed by atoms with Crippen LogP contribution < -0.4 is 0 Å². The predicted molar refractivity (Wildman–Crippen MR) is 62.2 cm³/mol. The molecule has 0 heterocycles. The first-order valence-corrected chi connectivity index (χ1v) is 2.10. The molecule has 2 N–H and O–H groups in total. The summed E-state index contributed by atoms with van der Waals surface area (Å²) >= 11 is 0. The summed E-state index contributed by atoms with van der Waals surface area (Å²) < 4.78 is 31.6. The Hall–Kier alpha value is 0.402. The number of rotatable bonds is 0. The highest BCUT2D eigenvalue weighted by Gasteiger charge is 1.84. The molecule has 0 aliphatic carbocycles. The van der Waals surface area contributed by atoms with Crippen molar-refractivity contribution in [2.45, 2.75) is 0 Å². The predicted octanol–water partition coefficient (Wildman–Crippen LogP) is 2.59. The highest BCUT2D eigenvalue weighted by molar-refractivity contribution is 7.79. The molecule has 0 aliphatic heterocycles. The second-order valence-corrected chi connectivity index (χ2v) is 1.34. The lowest BCUT2D eigenvalue weighted by molar-refractivity contribution is 0.381. The Morgan fingerprint density at radius 3 is 1.33 bits per heavy atom. The van der Waals surface area contributed by atoms with E-state index in [2.05, 4.69) is 0 Å². The van der Waals surface area contributed by atoms with E-state index in [1.54, 1.807) is 0 Å². The quantitative estimate of drug-likeness (QED) is 0.426. The summed E-state index contributed by atoms with van der Waals surface area (Å²) in [7, 11) is -4.67. The van der Waals surface area contributed by atoms with Crippen molar-refractivity contribution in [3.63, 3.8) is 0 Å². The zero-order valence-corrected chi connectivity index (χ0v) is 2.94. The zero-order valence-electron chi connectivity index (χ0n) is 2.12. The molecule has 0 rings (SSSR count). The molecule has 0 aromatic heterocycles. The van der Waals surface area contributed by atoms with Crippen molar-refractivity contribution in [2.24, 2.45) is 0 Å². The van der Waals surface area contributed by atoms with Crippen LogP contribution in [0.3, 0.4) is 0 Å². The molecule has 0 aromatic carbocycles. The van der Waals surface area contributed by atoms with Crippen LogP contribution in [0.1, 0.15) is 25.7 Å². The first kappa shape index (κ1) is 9.64. The molecule has 0 spiro atoms. The molecule has 0 saturated carbocycles. The van der Waals surface area contributed by atoms with Crippen LogP contribution in [0.5, 0.6) is 0 Å². The Kier molecular flexibility index (Phi) is 4.10. The normalized spacial score (nSPS) is 9.67. The van der Waals surface area contributed by atoms with Gasteiger partial charge in [-0.05, 0) is 0 Å². The van der Waals surface area contributed by atoms with Crippen molar-refractivity contribution in [1.29, 1.82) is 0 Å². The third-order valence-electron chi connectivity index (χ3n) is 0. The van der Waals surface area contributed by atoms with Crippen LogP contribution >= 0.6 is 0 Å². The van der Waals surface area contributed by atoms with Gasteiger partial charge in [-0.2, -0.15) is 8.42 Å². The van der Waals surface area contributed by atoms with Crippen molar-refractivity contribution in [1.82, 2.24) is 0 Å². The van der Waals surface area contributed by atoms with E-state index in [-0.39, 0.29) is 43.0 Å². The van der Waals surface area contributed by atoms with Crippen molar-refractivity contribution in [3.8, 4) is 0 Å². The highest BCUT2D eigenvalue weighted by atomic mass is 32.3. The van der Waals surface area contributed by atoms with Gasteiger partial charge in [0.15, 0.2) is 17.4 Å². The molecule has 0 aromatic rings. The maximum Gasteiger partial charge on any atom is 0.394 e. The van der Waals surface area contributed by atoms with E-state index in [1.165, 1.54) is 0 Å². The van der Waals surface area contributed by atoms with Gasteiger partial charge in [-0.25, -0.2) is 0 Å². The molecule has 0 radical (unpaired) electrons. The van der Waals surface area contributed by atoms with E-state index in [1.807, 2.05) is 0 Å².